The number of allylic oxidation sites excluding steroid dienone is 1. The maximum atomic E-state index is 5.81. The van der Waals surface area contributed by atoms with Crippen molar-refractivity contribution in [2.24, 2.45) is 5.92 Å². The number of aromatic nitrogens is 1. The largest absolute Gasteiger partial charge is 0.357 e. The molecule has 2 aliphatic rings. The molecular formula is C14H18ClN3. The molecule has 1 atom stereocenters. The van der Waals surface area contributed by atoms with Gasteiger partial charge in [0.25, 0.3) is 0 Å². The summed E-state index contributed by atoms with van der Waals surface area (Å²) in [6.07, 6.45) is 5.55. The molecule has 0 bridgehead atoms. The topological polar surface area (TPSA) is 19.4 Å². The lowest BCUT2D eigenvalue weighted by molar-refractivity contribution is 0.292. The van der Waals surface area contributed by atoms with Crippen LogP contribution in [0, 0.1) is 5.92 Å². The van der Waals surface area contributed by atoms with E-state index in [1.165, 1.54) is 24.4 Å². The van der Waals surface area contributed by atoms with Gasteiger partial charge in [0.2, 0.25) is 0 Å². The van der Waals surface area contributed by atoms with Gasteiger partial charge < -0.3 is 9.80 Å². The highest BCUT2D eigenvalue weighted by Crippen LogP contribution is 2.28. The minimum absolute atomic E-state index is 0.562. The van der Waals surface area contributed by atoms with Crippen molar-refractivity contribution in [3.05, 3.63) is 40.9 Å². The van der Waals surface area contributed by atoms with E-state index in [-0.39, 0.29) is 0 Å². The van der Waals surface area contributed by atoms with Crippen LogP contribution in [0.15, 0.2) is 30.2 Å². The SMILES string of the molecule is CC1C=C2N(CC1)CCN2Cc1ccc(Cl)nc1. The molecule has 96 valence electrons. The van der Waals surface area contributed by atoms with Gasteiger partial charge in [-0.05, 0) is 30.0 Å². The van der Waals surface area contributed by atoms with E-state index in [4.69, 9.17) is 11.6 Å². The van der Waals surface area contributed by atoms with E-state index in [1.54, 1.807) is 0 Å². The zero-order chi connectivity index (χ0) is 12.5. The molecule has 18 heavy (non-hydrogen) atoms. The summed E-state index contributed by atoms with van der Waals surface area (Å²) in [5.74, 6) is 2.10. The third-order valence-corrected chi connectivity index (χ3v) is 3.96. The first kappa shape index (κ1) is 11.8. The van der Waals surface area contributed by atoms with Gasteiger partial charge in [-0.15, -0.1) is 0 Å². The zero-order valence-electron chi connectivity index (χ0n) is 10.6. The molecule has 0 amide bonds. The van der Waals surface area contributed by atoms with Crippen molar-refractivity contribution in [3.8, 4) is 0 Å². The van der Waals surface area contributed by atoms with E-state index >= 15 is 0 Å². The van der Waals surface area contributed by atoms with Gasteiger partial charge in [0.05, 0.1) is 0 Å². The van der Waals surface area contributed by atoms with Gasteiger partial charge in [0.1, 0.15) is 11.0 Å². The molecule has 3 rings (SSSR count). The Bertz CT molecular complexity index is 455. The summed E-state index contributed by atoms with van der Waals surface area (Å²) in [5, 5.41) is 0.562. The number of hydrogen-bond acceptors (Lipinski definition) is 3. The Morgan fingerprint density at radius 1 is 1.33 bits per heavy atom. The Kier molecular flexibility index (Phi) is 3.16. The van der Waals surface area contributed by atoms with Gasteiger partial charge >= 0.3 is 0 Å². The molecule has 1 saturated heterocycles. The van der Waals surface area contributed by atoms with Crippen LogP contribution >= 0.6 is 11.6 Å². The van der Waals surface area contributed by atoms with Crippen LogP contribution in [0.25, 0.3) is 0 Å². The number of halogens is 1. The molecule has 4 heteroatoms. The van der Waals surface area contributed by atoms with E-state index < -0.39 is 0 Å². The normalized spacial score (nSPS) is 23.0. The van der Waals surface area contributed by atoms with Gasteiger partial charge in [-0.3, -0.25) is 0 Å². The molecule has 0 saturated carbocycles. The molecule has 0 radical (unpaired) electrons. The van der Waals surface area contributed by atoms with Crippen molar-refractivity contribution < 1.29 is 0 Å². The standard InChI is InChI=1S/C14H18ClN3/c1-11-4-5-17-6-7-18(14(17)8-11)10-12-2-3-13(15)16-9-12/h2-3,8-9,11H,4-7,10H2,1H3. The Morgan fingerprint density at radius 3 is 3.00 bits per heavy atom. The second-order valence-electron chi connectivity index (χ2n) is 5.19. The van der Waals surface area contributed by atoms with Gasteiger partial charge in [-0.25, -0.2) is 4.98 Å². The van der Waals surface area contributed by atoms with Gasteiger partial charge in [0.15, 0.2) is 0 Å². The lowest BCUT2D eigenvalue weighted by Crippen LogP contribution is -2.29. The summed E-state index contributed by atoms with van der Waals surface area (Å²) in [7, 11) is 0. The van der Waals surface area contributed by atoms with E-state index in [2.05, 4.69) is 33.8 Å². The monoisotopic (exact) mass is 263 g/mol. The van der Waals surface area contributed by atoms with E-state index in [1.807, 2.05) is 12.3 Å². The number of hydrogen-bond donors (Lipinski definition) is 0. The number of rotatable bonds is 2. The van der Waals surface area contributed by atoms with Crippen LogP contribution in [-0.2, 0) is 6.54 Å². The maximum Gasteiger partial charge on any atom is 0.129 e. The molecule has 1 unspecified atom stereocenters. The Morgan fingerprint density at radius 2 is 2.22 bits per heavy atom. The van der Waals surface area contributed by atoms with Gasteiger partial charge in [-0.2, -0.15) is 0 Å². The van der Waals surface area contributed by atoms with Crippen molar-refractivity contribution in [1.82, 2.24) is 14.8 Å². The molecule has 3 nitrogen and oxygen atoms in total. The summed E-state index contributed by atoms with van der Waals surface area (Å²) < 4.78 is 0. The van der Waals surface area contributed by atoms with E-state index in [0.717, 1.165) is 19.6 Å². The second-order valence-corrected chi connectivity index (χ2v) is 5.58. The molecular weight excluding hydrogens is 246 g/mol. The summed E-state index contributed by atoms with van der Waals surface area (Å²) in [6.45, 7) is 6.69. The van der Waals surface area contributed by atoms with Crippen LogP contribution in [0.2, 0.25) is 5.15 Å². The third kappa shape index (κ3) is 2.32. The molecule has 1 fully saturated rings. The maximum absolute atomic E-state index is 5.81. The van der Waals surface area contributed by atoms with E-state index in [0.29, 0.717) is 11.1 Å². The van der Waals surface area contributed by atoms with Crippen LogP contribution in [0.5, 0.6) is 0 Å². The third-order valence-electron chi connectivity index (χ3n) is 3.74. The van der Waals surface area contributed by atoms with Crippen LogP contribution in [0.4, 0.5) is 0 Å². The minimum atomic E-state index is 0.562. The molecule has 3 heterocycles. The predicted octanol–water partition coefficient (Wildman–Crippen LogP) is 2.73. The lowest BCUT2D eigenvalue weighted by atomic mass is 10.0. The first-order chi connectivity index (χ1) is 8.72. The molecule has 0 aromatic carbocycles. The molecule has 0 spiro atoms. The number of nitrogens with zero attached hydrogens (tertiary/aromatic N) is 3. The Balaban J connectivity index is 1.75. The minimum Gasteiger partial charge on any atom is -0.357 e. The van der Waals surface area contributed by atoms with Crippen molar-refractivity contribution in [3.63, 3.8) is 0 Å². The number of pyridine rings is 1. The first-order valence-corrected chi connectivity index (χ1v) is 6.92. The fourth-order valence-electron chi connectivity index (χ4n) is 2.69. The highest BCUT2D eigenvalue weighted by molar-refractivity contribution is 6.29. The summed E-state index contributed by atoms with van der Waals surface area (Å²) >= 11 is 5.81. The second kappa shape index (κ2) is 4.81. The van der Waals surface area contributed by atoms with Crippen LogP contribution in [0.3, 0.4) is 0 Å². The van der Waals surface area contributed by atoms with Gasteiger partial charge in [-0.1, -0.05) is 24.6 Å². The van der Waals surface area contributed by atoms with E-state index in [9.17, 15) is 0 Å². The highest BCUT2D eigenvalue weighted by Gasteiger charge is 2.27. The smallest absolute Gasteiger partial charge is 0.129 e. The summed E-state index contributed by atoms with van der Waals surface area (Å²) in [6, 6.07) is 3.92. The Labute approximate surface area is 113 Å². The average Bonchev–Trinajstić information content (AvgIpc) is 2.75. The van der Waals surface area contributed by atoms with Crippen LogP contribution in [0.1, 0.15) is 18.9 Å². The summed E-state index contributed by atoms with van der Waals surface area (Å²) in [5.41, 5.74) is 1.22. The lowest BCUT2D eigenvalue weighted by Gasteiger charge is -2.30. The van der Waals surface area contributed by atoms with Crippen LogP contribution < -0.4 is 0 Å². The fourth-order valence-corrected chi connectivity index (χ4v) is 2.80. The Hall–Kier alpha value is -1.22. The predicted molar refractivity (Wildman–Crippen MR) is 73.1 cm³/mol. The fraction of sp³-hybridized carbons (Fsp3) is 0.500. The highest BCUT2D eigenvalue weighted by atomic mass is 35.5. The zero-order valence-corrected chi connectivity index (χ0v) is 11.4. The quantitative estimate of drug-likeness (QED) is 0.765. The molecule has 2 aliphatic heterocycles. The molecule has 1 aromatic rings. The first-order valence-electron chi connectivity index (χ1n) is 6.54. The molecule has 0 aliphatic carbocycles. The van der Waals surface area contributed by atoms with Crippen molar-refractivity contribution >= 4 is 11.6 Å². The number of fused-ring (bicyclic) bond motifs is 1. The average molecular weight is 264 g/mol. The van der Waals surface area contributed by atoms with Crippen molar-refractivity contribution in [2.75, 3.05) is 19.6 Å². The summed E-state index contributed by atoms with van der Waals surface area (Å²) in [4.78, 5) is 9.08. The molecule has 1 aromatic heterocycles. The molecule has 0 N–H and O–H groups in total. The van der Waals surface area contributed by atoms with Crippen molar-refractivity contribution in [2.45, 2.75) is 19.9 Å². The van der Waals surface area contributed by atoms with Crippen molar-refractivity contribution in [1.29, 1.82) is 0 Å². The van der Waals surface area contributed by atoms with Crippen LogP contribution in [-0.4, -0.2) is 34.4 Å². The van der Waals surface area contributed by atoms with Gasteiger partial charge in [0, 0.05) is 32.4 Å².